The van der Waals surface area contributed by atoms with Crippen molar-refractivity contribution in [1.29, 1.82) is 0 Å². The Morgan fingerprint density at radius 3 is 2.73 bits per heavy atom. The molecule has 0 aromatic heterocycles. The molecule has 1 aliphatic heterocycles. The molecule has 2 N–H and O–H groups in total. The van der Waals surface area contributed by atoms with Gasteiger partial charge in [0.15, 0.2) is 11.7 Å². The molecule has 0 aliphatic carbocycles. The lowest BCUT2D eigenvalue weighted by Gasteiger charge is -2.17. The van der Waals surface area contributed by atoms with Crippen LogP contribution >= 0.6 is 11.6 Å². The quantitative estimate of drug-likeness (QED) is 0.727. The van der Waals surface area contributed by atoms with Crippen molar-refractivity contribution in [3.05, 3.63) is 29.8 Å². The molecule has 0 fully saturated rings. The first-order chi connectivity index (χ1) is 7.11. The van der Waals surface area contributed by atoms with Gasteiger partial charge in [-0.25, -0.2) is 4.99 Å². The summed E-state index contributed by atoms with van der Waals surface area (Å²) >= 11 is 5.73. The number of hydrogen-bond donors (Lipinski definition) is 1. The predicted octanol–water partition coefficient (Wildman–Crippen LogP) is 1.25. The molecule has 1 aromatic carbocycles. The van der Waals surface area contributed by atoms with Gasteiger partial charge in [0.2, 0.25) is 5.91 Å². The molecular weight excluding hydrogens is 216 g/mol. The van der Waals surface area contributed by atoms with Crippen molar-refractivity contribution in [3.63, 3.8) is 0 Å². The Hall–Kier alpha value is -1.68. The Balaban J connectivity index is 2.59. The number of primary amides is 1. The van der Waals surface area contributed by atoms with Gasteiger partial charge >= 0.3 is 0 Å². The van der Waals surface area contributed by atoms with Gasteiger partial charge in [-0.15, -0.1) is 0 Å². The molecule has 1 heterocycles. The lowest BCUT2D eigenvalue weighted by molar-refractivity contribution is -0.118. The number of carbonyl (C=O) groups is 2. The minimum atomic E-state index is -1.14. The van der Waals surface area contributed by atoms with Crippen LogP contribution in [0.25, 0.3) is 0 Å². The molecule has 1 aliphatic rings. The fraction of sp³-hybridized carbons (Fsp3) is 0.100. The minimum Gasteiger partial charge on any atom is -0.369 e. The maximum Gasteiger partial charge on any atom is 0.235 e. The number of Topliss-reactive ketones (excluding diaryl/α,β-unsaturated/α-hetero) is 1. The Labute approximate surface area is 90.7 Å². The van der Waals surface area contributed by atoms with Gasteiger partial charge in [-0.05, 0) is 12.1 Å². The lowest BCUT2D eigenvalue weighted by Crippen LogP contribution is -2.36. The van der Waals surface area contributed by atoms with Crippen LogP contribution in [0.4, 0.5) is 5.69 Å². The number of halogens is 1. The molecule has 1 aromatic rings. The van der Waals surface area contributed by atoms with Crippen molar-refractivity contribution in [2.24, 2.45) is 16.6 Å². The molecule has 15 heavy (non-hydrogen) atoms. The second-order valence-electron chi connectivity index (χ2n) is 3.15. The van der Waals surface area contributed by atoms with Crippen LogP contribution in [-0.2, 0) is 4.79 Å². The third-order valence-electron chi connectivity index (χ3n) is 2.18. The third-order valence-corrected chi connectivity index (χ3v) is 2.48. The minimum absolute atomic E-state index is 0.0637. The summed E-state index contributed by atoms with van der Waals surface area (Å²) in [6.07, 6.45) is 0. The van der Waals surface area contributed by atoms with Crippen LogP contribution in [0.15, 0.2) is 29.3 Å². The normalized spacial score (nSPS) is 19.4. The van der Waals surface area contributed by atoms with Crippen LogP contribution in [0.3, 0.4) is 0 Å². The van der Waals surface area contributed by atoms with Gasteiger partial charge in [0.25, 0.3) is 0 Å². The molecule has 0 spiro atoms. The van der Waals surface area contributed by atoms with Crippen LogP contribution in [0.1, 0.15) is 10.4 Å². The molecule has 1 amide bonds. The first-order valence-electron chi connectivity index (χ1n) is 4.28. The van der Waals surface area contributed by atoms with E-state index in [0.717, 1.165) is 0 Å². The van der Waals surface area contributed by atoms with E-state index >= 15 is 0 Å². The van der Waals surface area contributed by atoms with Gasteiger partial charge in [-0.3, -0.25) is 9.59 Å². The number of aliphatic imine (C=N–C) groups is 1. The number of benzene rings is 1. The molecule has 1 atom stereocenters. The van der Waals surface area contributed by atoms with Gasteiger partial charge in [0.1, 0.15) is 5.17 Å². The van der Waals surface area contributed by atoms with Gasteiger partial charge in [0.05, 0.1) is 5.69 Å². The van der Waals surface area contributed by atoms with E-state index in [-0.39, 0.29) is 5.17 Å². The van der Waals surface area contributed by atoms with E-state index < -0.39 is 17.6 Å². The molecule has 2 rings (SSSR count). The number of nitrogens with zero attached hydrogens (tertiary/aromatic N) is 1. The number of fused-ring (bicyclic) bond motifs is 1. The first-order valence-corrected chi connectivity index (χ1v) is 4.65. The van der Waals surface area contributed by atoms with Gasteiger partial charge in [0, 0.05) is 5.56 Å². The first kappa shape index (κ1) is 9.86. The van der Waals surface area contributed by atoms with E-state index in [4.69, 9.17) is 17.3 Å². The number of hydrogen-bond acceptors (Lipinski definition) is 3. The average Bonchev–Trinajstić information content (AvgIpc) is 2.17. The zero-order valence-corrected chi connectivity index (χ0v) is 8.36. The maximum atomic E-state index is 11.8. The number of amides is 1. The molecule has 76 valence electrons. The van der Waals surface area contributed by atoms with Crippen LogP contribution in [-0.4, -0.2) is 16.9 Å². The molecule has 1 unspecified atom stereocenters. The van der Waals surface area contributed by atoms with E-state index in [1.165, 1.54) is 0 Å². The summed E-state index contributed by atoms with van der Waals surface area (Å²) in [5.41, 5.74) is 5.94. The molecule has 5 heteroatoms. The summed E-state index contributed by atoms with van der Waals surface area (Å²) in [5.74, 6) is -2.30. The largest absolute Gasteiger partial charge is 0.369 e. The summed E-state index contributed by atoms with van der Waals surface area (Å²) in [6, 6.07) is 6.70. The fourth-order valence-corrected chi connectivity index (χ4v) is 1.77. The topological polar surface area (TPSA) is 72.5 Å². The number of carbonyl (C=O) groups excluding carboxylic acids is 2. The van der Waals surface area contributed by atoms with E-state index in [9.17, 15) is 9.59 Å². The second-order valence-corrected chi connectivity index (χ2v) is 3.54. The summed E-state index contributed by atoms with van der Waals surface area (Å²) in [6.45, 7) is 0. The van der Waals surface area contributed by atoms with Crippen molar-refractivity contribution in [3.8, 4) is 0 Å². The average molecular weight is 223 g/mol. The summed E-state index contributed by atoms with van der Waals surface area (Å²) in [7, 11) is 0. The smallest absolute Gasteiger partial charge is 0.235 e. The SMILES string of the molecule is NC(=O)C1C(=O)c2ccccc2N=C1Cl. The van der Waals surface area contributed by atoms with Crippen LogP contribution in [0, 0.1) is 5.92 Å². The van der Waals surface area contributed by atoms with Crippen LogP contribution in [0.2, 0.25) is 0 Å². The molecule has 0 radical (unpaired) electrons. The fourth-order valence-electron chi connectivity index (χ4n) is 1.47. The third kappa shape index (κ3) is 1.53. The Morgan fingerprint density at radius 2 is 2.07 bits per heavy atom. The summed E-state index contributed by atoms with van der Waals surface area (Å²) in [4.78, 5) is 26.8. The molecule has 0 saturated carbocycles. The zero-order valence-electron chi connectivity index (χ0n) is 7.61. The second kappa shape index (κ2) is 3.47. The van der Waals surface area contributed by atoms with Crippen LogP contribution < -0.4 is 5.73 Å². The molecule has 0 bridgehead atoms. The highest BCUT2D eigenvalue weighted by atomic mass is 35.5. The monoisotopic (exact) mass is 222 g/mol. The van der Waals surface area contributed by atoms with Crippen molar-refractivity contribution >= 4 is 34.1 Å². The molecule has 0 saturated heterocycles. The van der Waals surface area contributed by atoms with E-state index in [0.29, 0.717) is 11.3 Å². The number of ketones is 1. The Bertz CT molecular complexity index is 482. The highest BCUT2D eigenvalue weighted by Crippen LogP contribution is 2.29. The number of nitrogens with two attached hydrogens (primary N) is 1. The highest BCUT2D eigenvalue weighted by Gasteiger charge is 2.34. The van der Waals surface area contributed by atoms with E-state index in [2.05, 4.69) is 4.99 Å². The zero-order chi connectivity index (χ0) is 11.0. The lowest BCUT2D eigenvalue weighted by atomic mass is 9.94. The van der Waals surface area contributed by atoms with Crippen molar-refractivity contribution in [1.82, 2.24) is 0 Å². The highest BCUT2D eigenvalue weighted by molar-refractivity contribution is 6.70. The molecular formula is C10H7ClN2O2. The summed E-state index contributed by atoms with van der Waals surface area (Å²) < 4.78 is 0. The van der Waals surface area contributed by atoms with Crippen molar-refractivity contribution < 1.29 is 9.59 Å². The number of para-hydroxylation sites is 1. The molecule has 4 nitrogen and oxygen atoms in total. The van der Waals surface area contributed by atoms with E-state index in [1.54, 1.807) is 24.3 Å². The Kier molecular flexibility index (Phi) is 2.28. The van der Waals surface area contributed by atoms with Crippen LogP contribution in [0.5, 0.6) is 0 Å². The Morgan fingerprint density at radius 1 is 1.40 bits per heavy atom. The standard InChI is InChI=1S/C10H7ClN2O2/c11-9-7(10(12)15)8(14)5-3-1-2-4-6(5)13-9/h1-4,7H,(H2,12,15). The maximum absolute atomic E-state index is 11.8. The van der Waals surface area contributed by atoms with E-state index in [1.807, 2.05) is 0 Å². The number of rotatable bonds is 1. The van der Waals surface area contributed by atoms with Crippen molar-refractivity contribution in [2.45, 2.75) is 0 Å². The van der Waals surface area contributed by atoms with Crippen molar-refractivity contribution in [2.75, 3.05) is 0 Å². The van der Waals surface area contributed by atoms with Gasteiger partial charge < -0.3 is 5.73 Å². The van der Waals surface area contributed by atoms with Gasteiger partial charge in [-0.2, -0.15) is 0 Å². The predicted molar refractivity (Wildman–Crippen MR) is 56.4 cm³/mol. The summed E-state index contributed by atoms with van der Waals surface area (Å²) in [5, 5.41) is -0.0637. The van der Waals surface area contributed by atoms with Gasteiger partial charge in [-0.1, -0.05) is 23.7 Å².